The molecule has 0 saturated carbocycles. The van der Waals surface area contributed by atoms with Crippen LogP contribution in [0.5, 0.6) is 0 Å². The number of rotatable bonds is 4. The lowest BCUT2D eigenvalue weighted by molar-refractivity contribution is -0.151. The van der Waals surface area contributed by atoms with Crippen LogP contribution in [0, 0.1) is 5.92 Å². The first-order valence-corrected chi connectivity index (χ1v) is 8.29. The third-order valence-corrected chi connectivity index (χ3v) is 3.31. The van der Waals surface area contributed by atoms with E-state index in [1.54, 1.807) is 0 Å². The quantitative estimate of drug-likeness (QED) is 0.537. The van der Waals surface area contributed by atoms with E-state index in [0.29, 0.717) is 0 Å². The van der Waals surface area contributed by atoms with Gasteiger partial charge in [0.15, 0.2) is 8.32 Å². The molecule has 1 unspecified atom stereocenters. The standard InChI is InChI=1S/C10H22O3Si/c1-8(9(11)12-4)10(2,3)13-14(5,6)7/h8H,1-7H3. The predicted octanol–water partition coefficient (Wildman–Crippen LogP) is 2.43. The molecule has 4 heteroatoms. The molecule has 0 bridgehead atoms. The molecule has 0 aromatic rings. The molecule has 14 heavy (non-hydrogen) atoms. The van der Waals surface area contributed by atoms with E-state index in [4.69, 9.17) is 9.16 Å². The van der Waals surface area contributed by atoms with Crippen LogP contribution in [-0.2, 0) is 14.0 Å². The van der Waals surface area contributed by atoms with Crippen molar-refractivity contribution in [3.63, 3.8) is 0 Å². The van der Waals surface area contributed by atoms with Crippen LogP contribution in [0.15, 0.2) is 0 Å². The van der Waals surface area contributed by atoms with E-state index < -0.39 is 13.9 Å². The Bertz CT molecular complexity index is 206. The number of ether oxygens (including phenoxy) is 1. The lowest BCUT2D eigenvalue weighted by atomic mass is 9.93. The number of carbonyl (C=O) groups excluding carboxylic acids is 1. The fourth-order valence-electron chi connectivity index (χ4n) is 1.34. The van der Waals surface area contributed by atoms with Gasteiger partial charge in [0.1, 0.15) is 0 Å². The molecule has 0 aliphatic heterocycles. The first kappa shape index (κ1) is 13.6. The normalized spacial score (nSPS) is 15.1. The number of carbonyl (C=O) groups is 1. The summed E-state index contributed by atoms with van der Waals surface area (Å²) in [7, 11) is -0.216. The summed E-state index contributed by atoms with van der Waals surface area (Å²) in [4.78, 5) is 11.4. The van der Waals surface area contributed by atoms with Crippen molar-refractivity contribution < 1.29 is 14.0 Å². The van der Waals surface area contributed by atoms with Gasteiger partial charge in [-0.2, -0.15) is 0 Å². The average molecular weight is 218 g/mol. The van der Waals surface area contributed by atoms with E-state index in [2.05, 4.69) is 19.6 Å². The minimum Gasteiger partial charge on any atom is -0.469 e. The van der Waals surface area contributed by atoms with Gasteiger partial charge in [-0.3, -0.25) is 4.79 Å². The second-order valence-electron chi connectivity index (χ2n) is 5.06. The predicted molar refractivity (Wildman–Crippen MR) is 59.7 cm³/mol. The van der Waals surface area contributed by atoms with Gasteiger partial charge >= 0.3 is 5.97 Å². The molecule has 0 N–H and O–H groups in total. The minimum absolute atomic E-state index is 0.215. The SMILES string of the molecule is COC(=O)C(C)C(C)(C)O[Si](C)(C)C. The van der Waals surface area contributed by atoms with E-state index in [-0.39, 0.29) is 11.9 Å². The summed E-state index contributed by atoms with van der Waals surface area (Å²) in [5, 5.41) is 0. The van der Waals surface area contributed by atoms with Gasteiger partial charge < -0.3 is 9.16 Å². The fraction of sp³-hybridized carbons (Fsp3) is 0.900. The molecule has 0 aliphatic carbocycles. The summed E-state index contributed by atoms with van der Waals surface area (Å²) in [6.45, 7) is 12.0. The molecule has 3 nitrogen and oxygen atoms in total. The monoisotopic (exact) mass is 218 g/mol. The van der Waals surface area contributed by atoms with Crippen LogP contribution in [-0.4, -0.2) is 27.0 Å². The van der Waals surface area contributed by atoms with Crippen molar-refractivity contribution in [1.82, 2.24) is 0 Å². The summed E-state index contributed by atoms with van der Waals surface area (Å²) in [5.74, 6) is -0.451. The van der Waals surface area contributed by atoms with Crippen LogP contribution < -0.4 is 0 Å². The molecule has 0 radical (unpaired) electrons. The zero-order chi connectivity index (χ0) is 11.6. The molecule has 0 spiro atoms. The van der Waals surface area contributed by atoms with Gasteiger partial charge in [0.05, 0.1) is 18.6 Å². The molecule has 0 amide bonds. The van der Waals surface area contributed by atoms with Gasteiger partial charge in [-0.1, -0.05) is 0 Å². The third-order valence-electron chi connectivity index (χ3n) is 2.17. The molecule has 84 valence electrons. The summed E-state index contributed by atoms with van der Waals surface area (Å²) in [6.07, 6.45) is 0. The fourth-order valence-corrected chi connectivity index (χ4v) is 3.09. The molecule has 0 fully saturated rings. The highest BCUT2D eigenvalue weighted by molar-refractivity contribution is 6.69. The van der Waals surface area contributed by atoms with Crippen molar-refractivity contribution in [2.75, 3.05) is 7.11 Å². The maximum absolute atomic E-state index is 11.4. The Kier molecular flexibility index (Phi) is 4.33. The van der Waals surface area contributed by atoms with Crippen LogP contribution in [0.4, 0.5) is 0 Å². The van der Waals surface area contributed by atoms with Crippen molar-refractivity contribution in [2.24, 2.45) is 5.92 Å². The van der Waals surface area contributed by atoms with Gasteiger partial charge in [0.25, 0.3) is 0 Å². The zero-order valence-electron chi connectivity index (χ0n) is 10.3. The van der Waals surface area contributed by atoms with Crippen LogP contribution in [0.2, 0.25) is 19.6 Å². The first-order valence-electron chi connectivity index (χ1n) is 4.88. The lowest BCUT2D eigenvalue weighted by Crippen LogP contribution is -2.45. The van der Waals surface area contributed by atoms with Gasteiger partial charge in [-0.05, 0) is 40.4 Å². The van der Waals surface area contributed by atoms with Gasteiger partial charge in [0, 0.05) is 0 Å². The molecular formula is C10H22O3Si. The first-order chi connectivity index (χ1) is 6.10. The highest BCUT2D eigenvalue weighted by Gasteiger charge is 2.36. The van der Waals surface area contributed by atoms with Crippen molar-refractivity contribution in [1.29, 1.82) is 0 Å². The Morgan fingerprint density at radius 3 is 2.00 bits per heavy atom. The highest BCUT2D eigenvalue weighted by atomic mass is 28.4. The average Bonchev–Trinajstić information content (AvgIpc) is 1.97. The Balaban J connectivity index is 4.53. The Labute approximate surface area is 87.9 Å². The summed E-state index contributed by atoms with van der Waals surface area (Å²) in [5.41, 5.74) is -0.447. The number of hydrogen-bond acceptors (Lipinski definition) is 3. The molecule has 0 saturated heterocycles. The lowest BCUT2D eigenvalue weighted by Gasteiger charge is -2.36. The second-order valence-corrected chi connectivity index (χ2v) is 9.49. The summed E-state index contributed by atoms with van der Waals surface area (Å²) < 4.78 is 10.7. The van der Waals surface area contributed by atoms with Gasteiger partial charge in [-0.25, -0.2) is 0 Å². The third kappa shape index (κ3) is 4.24. The van der Waals surface area contributed by atoms with Crippen LogP contribution in [0.3, 0.4) is 0 Å². The Hall–Kier alpha value is -0.353. The van der Waals surface area contributed by atoms with Crippen LogP contribution >= 0.6 is 0 Å². The second kappa shape index (κ2) is 4.44. The van der Waals surface area contributed by atoms with Gasteiger partial charge in [0.2, 0.25) is 0 Å². The smallest absolute Gasteiger partial charge is 0.311 e. The Morgan fingerprint density at radius 2 is 1.71 bits per heavy atom. The van der Waals surface area contributed by atoms with E-state index in [1.165, 1.54) is 7.11 Å². The summed E-state index contributed by atoms with van der Waals surface area (Å²) >= 11 is 0. The molecule has 0 aromatic heterocycles. The molecule has 0 aromatic carbocycles. The van der Waals surface area contributed by atoms with E-state index >= 15 is 0 Å². The topological polar surface area (TPSA) is 35.5 Å². The van der Waals surface area contributed by atoms with E-state index in [9.17, 15) is 4.79 Å². The molecule has 0 rings (SSSR count). The zero-order valence-corrected chi connectivity index (χ0v) is 11.3. The van der Waals surface area contributed by atoms with Crippen LogP contribution in [0.25, 0.3) is 0 Å². The van der Waals surface area contributed by atoms with Crippen molar-refractivity contribution >= 4 is 14.3 Å². The maximum atomic E-state index is 11.4. The number of methoxy groups -OCH3 is 1. The van der Waals surface area contributed by atoms with Crippen molar-refractivity contribution in [3.05, 3.63) is 0 Å². The number of esters is 1. The maximum Gasteiger partial charge on any atom is 0.311 e. The highest BCUT2D eigenvalue weighted by Crippen LogP contribution is 2.26. The largest absolute Gasteiger partial charge is 0.469 e. The molecule has 0 heterocycles. The van der Waals surface area contributed by atoms with Crippen LogP contribution in [0.1, 0.15) is 20.8 Å². The molecular weight excluding hydrogens is 196 g/mol. The minimum atomic E-state index is -1.62. The Morgan fingerprint density at radius 1 is 1.29 bits per heavy atom. The molecule has 0 aliphatic rings. The van der Waals surface area contributed by atoms with E-state index in [1.807, 2.05) is 20.8 Å². The molecule has 1 atom stereocenters. The van der Waals surface area contributed by atoms with Gasteiger partial charge in [-0.15, -0.1) is 0 Å². The van der Waals surface area contributed by atoms with Crippen molar-refractivity contribution in [2.45, 2.75) is 46.0 Å². The summed E-state index contributed by atoms with van der Waals surface area (Å²) in [6, 6.07) is 0. The van der Waals surface area contributed by atoms with E-state index in [0.717, 1.165) is 0 Å². The number of hydrogen-bond donors (Lipinski definition) is 0. The van der Waals surface area contributed by atoms with Crippen molar-refractivity contribution in [3.8, 4) is 0 Å².